The standard InChI is InChI=1S/C23H25N3O2/c27-23(28-17-7-8-18-12-14-24-15-13-18)21-20-11-5-2-6-16-26(20)22(25-21)19-9-3-1-4-10-19/h1,3-4,9-10,12-15H,2,5-8,11,16-17H2. The Morgan fingerprint density at radius 1 is 1.04 bits per heavy atom. The first-order chi connectivity index (χ1) is 13.8. The third-order valence-electron chi connectivity index (χ3n) is 5.19. The van der Waals surface area contributed by atoms with E-state index in [1.165, 1.54) is 12.0 Å². The molecule has 0 aliphatic carbocycles. The minimum atomic E-state index is -0.303. The smallest absolute Gasteiger partial charge is 0.358 e. The van der Waals surface area contributed by atoms with Gasteiger partial charge < -0.3 is 9.30 Å². The Kier molecular flexibility index (Phi) is 5.80. The predicted octanol–water partition coefficient (Wildman–Crippen LogP) is 4.46. The molecule has 4 rings (SSSR count). The van der Waals surface area contributed by atoms with Crippen LogP contribution < -0.4 is 0 Å². The van der Waals surface area contributed by atoms with Crippen LogP contribution in [0.2, 0.25) is 0 Å². The normalized spacial score (nSPS) is 13.6. The molecule has 28 heavy (non-hydrogen) atoms. The fourth-order valence-corrected chi connectivity index (χ4v) is 3.75. The maximum atomic E-state index is 12.8. The van der Waals surface area contributed by atoms with Gasteiger partial charge in [-0.15, -0.1) is 0 Å². The van der Waals surface area contributed by atoms with E-state index in [-0.39, 0.29) is 5.97 Å². The van der Waals surface area contributed by atoms with Gasteiger partial charge in [0.1, 0.15) is 5.82 Å². The molecule has 144 valence electrons. The summed E-state index contributed by atoms with van der Waals surface area (Å²) in [5, 5.41) is 0. The number of hydrogen-bond acceptors (Lipinski definition) is 4. The van der Waals surface area contributed by atoms with E-state index in [0.717, 1.165) is 55.7 Å². The van der Waals surface area contributed by atoms with Crippen LogP contribution in [0.4, 0.5) is 0 Å². The van der Waals surface area contributed by atoms with E-state index in [4.69, 9.17) is 9.72 Å². The summed E-state index contributed by atoms with van der Waals surface area (Å²) < 4.78 is 7.79. The number of aryl methyl sites for hydroxylation is 1. The Morgan fingerprint density at radius 2 is 1.86 bits per heavy atom. The molecule has 1 aromatic carbocycles. The van der Waals surface area contributed by atoms with E-state index in [2.05, 4.69) is 9.55 Å². The molecule has 5 nitrogen and oxygen atoms in total. The second kappa shape index (κ2) is 8.83. The molecule has 2 aromatic heterocycles. The highest BCUT2D eigenvalue weighted by Crippen LogP contribution is 2.27. The summed E-state index contributed by atoms with van der Waals surface area (Å²) in [6.45, 7) is 1.30. The molecule has 1 aliphatic heterocycles. The van der Waals surface area contributed by atoms with Crippen molar-refractivity contribution in [2.75, 3.05) is 6.61 Å². The van der Waals surface area contributed by atoms with Gasteiger partial charge in [0.15, 0.2) is 5.69 Å². The van der Waals surface area contributed by atoms with Crippen LogP contribution in [-0.4, -0.2) is 27.1 Å². The first-order valence-corrected chi connectivity index (χ1v) is 10.0. The van der Waals surface area contributed by atoms with E-state index < -0.39 is 0 Å². The minimum Gasteiger partial charge on any atom is -0.461 e. The Labute approximate surface area is 165 Å². The zero-order valence-electron chi connectivity index (χ0n) is 16.0. The molecule has 3 aromatic rings. The highest BCUT2D eigenvalue weighted by molar-refractivity contribution is 5.89. The Morgan fingerprint density at radius 3 is 2.68 bits per heavy atom. The maximum Gasteiger partial charge on any atom is 0.358 e. The van der Waals surface area contributed by atoms with Crippen LogP contribution in [0.5, 0.6) is 0 Å². The first kappa shape index (κ1) is 18.4. The summed E-state index contributed by atoms with van der Waals surface area (Å²) in [5.74, 6) is 0.573. The first-order valence-electron chi connectivity index (χ1n) is 10.0. The summed E-state index contributed by atoms with van der Waals surface area (Å²) in [4.78, 5) is 21.5. The summed E-state index contributed by atoms with van der Waals surface area (Å²) >= 11 is 0. The number of carbonyl (C=O) groups excluding carboxylic acids is 1. The molecule has 0 bridgehead atoms. The van der Waals surface area contributed by atoms with Crippen molar-refractivity contribution in [3.8, 4) is 11.4 Å². The maximum absolute atomic E-state index is 12.8. The molecule has 3 heterocycles. The third-order valence-corrected chi connectivity index (χ3v) is 5.19. The molecule has 1 aliphatic rings. The van der Waals surface area contributed by atoms with Crippen molar-refractivity contribution in [3.63, 3.8) is 0 Å². The quantitative estimate of drug-likeness (QED) is 0.471. The lowest BCUT2D eigenvalue weighted by atomic mass is 10.1. The molecule has 0 atom stereocenters. The van der Waals surface area contributed by atoms with Gasteiger partial charge in [-0.2, -0.15) is 0 Å². The number of aromatic nitrogens is 3. The van der Waals surface area contributed by atoms with E-state index in [1.54, 1.807) is 12.4 Å². The van der Waals surface area contributed by atoms with Gasteiger partial charge >= 0.3 is 5.97 Å². The average molecular weight is 375 g/mol. The number of imidazole rings is 1. The number of benzene rings is 1. The van der Waals surface area contributed by atoms with Gasteiger partial charge in [0, 0.05) is 24.5 Å². The van der Waals surface area contributed by atoms with Crippen molar-refractivity contribution in [2.45, 2.75) is 45.1 Å². The largest absolute Gasteiger partial charge is 0.461 e. The van der Waals surface area contributed by atoms with Crippen molar-refractivity contribution in [1.29, 1.82) is 0 Å². The zero-order valence-corrected chi connectivity index (χ0v) is 16.0. The molecule has 0 amide bonds. The number of carbonyl (C=O) groups is 1. The van der Waals surface area contributed by atoms with E-state index in [0.29, 0.717) is 12.3 Å². The SMILES string of the molecule is O=C(OCCCc1ccncc1)c1nc(-c2ccccc2)n2c1CCCCC2. The predicted molar refractivity (Wildman–Crippen MR) is 108 cm³/mol. The number of nitrogens with zero attached hydrogens (tertiary/aromatic N) is 3. The number of ether oxygens (including phenoxy) is 1. The monoisotopic (exact) mass is 375 g/mol. The topological polar surface area (TPSA) is 57.0 Å². The number of fused-ring (bicyclic) bond motifs is 1. The molecule has 0 radical (unpaired) electrons. The molecule has 0 unspecified atom stereocenters. The Bertz CT molecular complexity index is 920. The second-order valence-corrected chi connectivity index (χ2v) is 7.15. The van der Waals surface area contributed by atoms with Crippen molar-refractivity contribution >= 4 is 5.97 Å². The molecule has 0 spiro atoms. The number of esters is 1. The van der Waals surface area contributed by atoms with Crippen LogP contribution in [0.1, 0.15) is 47.4 Å². The lowest BCUT2D eigenvalue weighted by molar-refractivity contribution is 0.0493. The Hall–Kier alpha value is -2.95. The van der Waals surface area contributed by atoms with Crippen LogP contribution in [0.3, 0.4) is 0 Å². The highest BCUT2D eigenvalue weighted by atomic mass is 16.5. The van der Waals surface area contributed by atoms with Crippen LogP contribution in [-0.2, 0) is 24.1 Å². The summed E-state index contributed by atoms with van der Waals surface area (Å²) in [6, 6.07) is 14.1. The number of rotatable bonds is 6. The Balaban J connectivity index is 1.48. The molecular weight excluding hydrogens is 350 g/mol. The van der Waals surface area contributed by atoms with Gasteiger partial charge in [-0.25, -0.2) is 9.78 Å². The highest BCUT2D eigenvalue weighted by Gasteiger charge is 2.25. The lowest BCUT2D eigenvalue weighted by Crippen LogP contribution is -2.11. The van der Waals surface area contributed by atoms with Crippen molar-refractivity contribution in [2.24, 2.45) is 0 Å². The molecule has 0 saturated heterocycles. The molecule has 0 N–H and O–H groups in total. The van der Waals surface area contributed by atoms with E-state index in [1.807, 2.05) is 42.5 Å². The fourth-order valence-electron chi connectivity index (χ4n) is 3.75. The van der Waals surface area contributed by atoms with Gasteiger partial charge in [-0.3, -0.25) is 4.98 Å². The van der Waals surface area contributed by atoms with Crippen LogP contribution in [0, 0.1) is 0 Å². The third kappa shape index (κ3) is 4.14. The van der Waals surface area contributed by atoms with Crippen molar-refractivity contribution in [1.82, 2.24) is 14.5 Å². The number of hydrogen-bond donors (Lipinski definition) is 0. The minimum absolute atomic E-state index is 0.303. The zero-order chi connectivity index (χ0) is 19.2. The van der Waals surface area contributed by atoms with E-state index >= 15 is 0 Å². The average Bonchev–Trinajstić information content (AvgIpc) is 2.93. The summed E-state index contributed by atoms with van der Waals surface area (Å²) in [5.41, 5.74) is 3.76. The van der Waals surface area contributed by atoms with Gasteiger partial charge in [0.2, 0.25) is 0 Å². The van der Waals surface area contributed by atoms with Crippen LogP contribution >= 0.6 is 0 Å². The second-order valence-electron chi connectivity index (χ2n) is 7.15. The van der Waals surface area contributed by atoms with Gasteiger partial charge in [-0.05, 0) is 49.8 Å². The lowest BCUT2D eigenvalue weighted by Gasteiger charge is -2.09. The summed E-state index contributed by atoms with van der Waals surface area (Å²) in [6.07, 6.45) is 9.48. The number of pyridine rings is 1. The van der Waals surface area contributed by atoms with Crippen LogP contribution in [0.15, 0.2) is 54.9 Å². The van der Waals surface area contributed by atoms with Crippen molar-refractivity contribution < 1.29 is 9.53 Å². The molecule has 5 heteroatoms. The van der Waals surface area contributed by atoms with E-state index in [9.17, 15) is 4.79 Å². The van der Waals surface area contributed by atoms with Gasteiger partial charge in [0.05, 0.1) is 12.3 Å². The van der Waals surface area contributed by atoms with Crippen molar-refractivity contribution in [3.05, 3.63) is 71.8 Å². The fraction of sp³-hybridized carbons (Fsp3) is 0.348. The molecule has 0 fully saturated rings. The molecular formula is C23H25N3O2. The molecule has 0 saturated carbocycles. The van der Waals surface area contributed by atoms with Crippen LogP contribution in [0.25, 0.3) is 11.4 Å². The van der Waals surface area contributed by atoms with Gasteiger partial charge in [-0.1, -0.05) is 36.8 Å². The van der Waals surface area contributed by atoms with Gasteiger partial charge in [0.25, 0.3) is 0 Å². The summed E-state index contributed by atoms with van der Waals surface area (Å²) in [7, 11) is 0.